The lowest BCUT2D eigenvalue weighted by atomic mass is 9.99. The summed E-state index contributed by atoms with van der Waals surface area (Å²) in [6, 6.07) is 26.3. The van der Waals surface area contributed by atoms with Crippen LogP contribution in [0.15, 0.2) is 134 Å². The predicted molar refractivity (Wildman–Crippen MR) is 256 cm³/mol. The highest BCUT2D eigenvalue weighted by Crippen LogP contribution is 2.36. The van der Waals surface area contributed by atoms with Gasteiger partial charge in [-0.25, -0.2) is 24.4 Å². The number of quaternary nitrogens is 1. The van der Waals surface area contributed by atoms with E-state index < -0.39 is 27.1 Å². The minimum atomic E-state index is -0.702. The van der Waals surface area contributed by atoms with Crippen LogP contribution in [-0.4, -0.2) is 106 Å². The minimum absolute atomic E-state index is 0. The molecule has 4 aromatic carbocycles. The summed E-state index contributed by atoms with van der Waals surface area (Å²) in [4.78, 5) is 52.6. The van der Waals surface area contributed by atoms with E-state index in [4.69, 9.17) is 36.6 Å². The molecule has 0 fully saturated rings. The average molecular weight is 936 g/mol. The van der Waals surface area contributed by atoms with Gasteiger partial charge in [0, 0.05) is 92.9 Å². The molecular formula is C51H55N2O15+. The molecule has 0 bridgehead atoms. The van der Waals surface area contributed by atoms with Gasteiger partial charge in [0.15, 0.2) is 5.58 Å². The fraction of sp³-hybridized carbons (Fsp3) is 0.294. The predicted octanol–water partition coefficient (Wildman–Crippen LogP) is 7.27. The monoisotopic (exact) mass is 935 g/mol. The van der Waals surface area contributed by atoms with Gasteiger partial charge in [-0.3, -0.25) is 4.90 Å². The van der Waals surface area contributed by atoms with Gasteiger partial charge < -0.3 is 46.8 Å². The van der Waals surface area contributed by atoms with Crippen molar-refractivity contribution in [3.05, 3.63) is 150 Å². The molecule has 4 heterocycles. The Morgan fingerprint density at radius 1 is 0.529 bits per heavy atom. The Morgan fingerprint density at radius 3 is 1.41 bits per heavy atom. The van der Waals surface area contributed by atoms with E-state index in [2.05, 4.69) is 0 Å². The first-order valence-electron chi connectivity index (χ1n) is 21.3. The van der Waals surface area contributed by atoms with Gasteiger partial charge in [0.25, 0.3) is 0 Å². The Hall–Kier alpha value is -6.96. The Morgan fingerprint density at radius 2 is 0.956 bits per heavy atom. The molecule has 358 valence electrons. The van der Waals surface area contributed by atoms with Crippen molar-refractivity contribution in [2.75, 3.05) is 81.0 Å². The third kappa shape index (κ3) is 11.4. The average Bonchev–Trinajstić information content (AvgIpc) is 3.32. The summed E-state index contributed by atoms with van der Waals surface area (Å²) in [6.45, 7) is 3.34. The number of benzene rings is 4. The Balaban J connectivity index is 0.000000221. The van der Waals surface area contributed by atoms with Gasteiger partial charge in [-0.2, -0.15) is 4.65 Å². The second kappa shape index (κ2) is 22.7. The third-order valence-electron chi connectivity index (χ3n) is 11.3. The molecule has 0 saturated carbocycles. The first-order valence-corrected chi connectivity index (χ1v) is 21.3. The highest BCUT2D eigenvalue weighted by molar-refractivity contribution is 5.98. The number of aromatic hydroxyl groups is 2. The molecule has 0 radical (unpaired) electrons. The number of nitrogens with zero attached hydrogens (tertiary/aromatic N) is 2. The summed E-state index contributed by atoms with van der Waals surface area (Å²) in [7, 11) is 6.28. The van der Waals surface area contributed by atoms with E-state index in [-0.39, 0.29) is 79.6 Å². The lowest BCUT2D eigenvalue weighted by Crippen LogP contribution is -2.48. The third-order valence-corrected chi connectivity index (χ3v) is 11.3. The zero-order valence-corrected chi connectivity index (χ0v) is 37.4. The van der Waals surface area contributed by atoms with Crippen molar-refractivity contribution in [1.82, 2.24) is 4.90 Å². The van der Waals surface area contributed by atoms with Crippen molar-refractivity contribution >= 4 is 43.9 Å². The second-order valence-corrected chi connectivity index (χ2v) is 15.8. The number of fused-ring (bicyclic) bond motifs is 4. The molecule has 8 aromatic rings. The summed E-state index contributed by atoms with van der Waals surface area (Å²) >= 11 is 0. The van der Waals surface area contributed by atoms with Gasteiger partial charge in [-0.05, 0) is 48.5 Å². The first-order chi connectivity index (χ1) is 32.4. The molecule has 68 heavy (non-hydrogen) atoms. The topological polar surface area (TPSA) is 222 Å². The van der Waals surface area contributed by atoms with Gasteiger partial charge in [0.05, 0.1) is 48.7 Å². The van der Waals surface area contributed by atoms with Gasteiger partial charge in [-0.15, -0.1) is 0 Å². The summed E-state index contributed by atoms with van der Waals surface area (Å²) in [6.07, 6.45) is 0. The van der Waals surface area contributed by atoms with E-state index in [1.54, 1.807) is 68.8 Å². The molecule has 0 spiro atoms. The maximum Gasteiger partial charge on any atom is 0.344 e. The van der Waals surface area contributed by atoms with Crippen LogP contribution in [0.3, 0.4) is 0 Å². The molecule has 0 amide bonds. The number of rotatable bonds is 18. The van der Waals surface area contributed by atoms with Crippen LogP contribution in [0.1, 0.15) is 18.6 Å². The van der Waals surface area contributed by atoms with Crippen LogP contribution in [0.5, 0.6) is 11.5 Å². The van der Waals surface area contributed by atoms with E-state index in [1.807, 2.05) is 23.1 Å². The van der Waals surface area contributed by atoms with Crippen LogP contribution in [-0.2, 0) is 32.0 Å². The summed E-state index contributed by atoms with van der Waals surface area (Å²) < 4.78 is 42.0. The number of ether oxygens (including phenoxy) is 4. The summed E-state index contributed by atoms with van der Waals surface area (Å²) in [5.74, 6) is -0.155. The Kier molecular flexibility index (Phi) is 16.8. The maximum absolute atomic E-state index is 12.8. The van der Waals surface area contributed by atoms with Gasteiger partial charge in [-0.1, -0.05) is 43.8 Å². The fourth-order valence-corrected chi connectivity index (χ4v) is 7.82. The van der Waals surface area contributed by atoms with Crippen molar-refractivity contribution in [2.24, 2.45) is 0 Å². The molecule has 8 rings (SSSR count). The number of phenolic OH excluding ortho intramolecular Hbond substituents is 2. The van der Waals surface area contributed by atoms with Crippen LogP contribution in [0.4, 0.5) is 0 Å². The molecule has 0 unspecified atom stereocenters. The fourth-order valence-electron chi connectivity index (χ4n) is 7.82. The largest absolute Gasteiger partial charge is 0.507 e. The molecule has 0 atom stereocenters. The highest BCUT2D eigenvalue weighted by atomic mass is 16.6. The van der Waals surface area contributed by atoms with Crippen molar-refractivity contribution < 1.29 is 56.7 Å². The quantitative estimate of drug-likeness (QED) is 0.0437. The van der Waals surface area contributed by atoms with Crippen molar-refractivity contribution in [2.45, 2.75) is 20.5 Å². The van der Waals surface area contributed by atoms with Crippen molar-refractivity contribution in [1.29, 1.82) is 0 Å². The number of methoxy groups -OCH3 is 4. The number of hydrogen-bond donors (Lipinski definition) is 3. The van der Waals surface area contributed by atoms with E-state index in [9.17, 15) is 34.6 Å². The number of hydroxylamine groups is 3. The lowest BCUT2D eigenvalue weighted by Gasteiger charge is -2.30. The van der Waals surface area contributed by atoms with E-state index in [0.717, 1.165) is 5.39 Å². The van der Waals surface area contributed by atoms with Crippen LogP contribution in [0.25, 0.3) is 66.1 Å². The molecule has 17 heteroatoms. The van der Waals surface area contributed by atoms with E-state index >= 15 is 0 Å². The van der Waals surface area contributed by atoms with Crippen molar-refractivity contribution in [3.8, 4) is 33.8 Å². The van der Waals surface area contributed by atoms with Crippen LogP contribution in [0, 0.1) is 0 Å². The number of phenols is 2. The molecule has 17 nitrogen and oxygen atoms in total. The number of hydrogen-bond acceptors (Lipinski definition) is 16. The molecule has 0 aliphatic rings. The van der Waals surface area contributed by atoms with Crippen LogP contribution < -0.4 is 22.5 Å². The second-order valence-electron chi connectivity index (χ2n) is 15.8. The van der Waals surface area contributed by atoms with Crippen LogP contribution in [0.2, 0.25) is 0 Å². The lowest BCUT2D eigenvalue weighted by molar-refractivity contribution is -1.11. The van der Waals surface area contributed by atoms with E-state index in [1.165, 1.54) is 38.5 Å². The zero-order valence-electron chi connectivity index (χ0n) is 37.4. The molecular weight excluding hydrogens is 881 g/mol. The minimum Gasteiger partial charge on any atom is -0.507 e. The molecule has 3 N–H and O–H groups in total. The van der Waals surface area contributed by atoms with Gasteiger partial charge in [0.2, 0.25) is 0 Å². The van der Waals surface area contributed by atoms with Gasteiger partial charge >= 0.3 is 22.5 Å². The van der Waals surface area contributed by atoms with Crippen molar-refractivity contribution in [3.63, 3.8) is 0 Å². The summed E-state index contributed by atoms with van der Waals surface area (Å²) in [5.41, 5.74) is 0.541. The standard InChI is InChI=1S/C25H25NO8.C25H25NO7.CH4/c1-31-11-9-26(30,10-12-32-2)15-20-21(27)8-7-17-18(14-23(28)34-24(17)20)19-13-16-5-3-4-6-22(16)33-25(19)29;1-30-11-9-26(10-12-31-2)15-20-21(27)8-7-17-18(14-23(28)33-24(17)20)19-13-16-5-3-4-6-22(16)32-25(19)29;/h3-8,13-14,30H,9-12,15H2,1-2H3;3-8,13-14,27H,9-12,15H2,1-2H3;1H4/p+1. The SMILES string of the molecule is C.COCCN(CCOC)Cc1c(O)ccc2c(-c3cc4ccccc4oc3=O)cc(=O)oc12.COCC[N+](O)(CCOC)Cc1c(O)ccc2c(-c3cc4ccccc4oc3=O)cc(=O)oc12. The molecule has 4 aromatic heterocycles. The van der Waals surface area contributed by atoms with E-state index in [0.29, 0.717) is 76.9 Å². The molecule has 0 saturated heterocycles. The molecule has 0 aliphatic heterocycles. The normalized spacial score (nSPS) is 11.6. The smallest absolute Gasteiger partial charge is 0.344 e. The highest BCUT2D eigenvalue weighted by Gasteiger charge is 2.30. The summed E-state index contributed by atoms with van der Waals surface area (Å²) in [5, 5.41) is 34.9. The first kappa shape index (κ1) is 50.5. The molecule has 0 aliphatic carbocycles. The Bertz CT molecular complexity index is 3250. The van der Waals surface area contributed by atoms with Crippen LogP contribution >= 0.6 is 0 Å². The maximum atomic E-state index is 12.8. The zero-order chi connectivity index (χ0) is 47.7. The van der Waals surface area contributed by atoms with Gasteiger partial charge in [0.1, 0.15) is 47.9 Å². The Labute approximate surface area is 389 Å². The number of para-hydroxylation sites is 2.